The Kier molecular flexibility index (Phi) is 8.17. The molecule has 0 spiro atoms. The second-order valence-electron chi connectivity index (χ2n) is 8.24. The molecule has 0 aromatic rings. The number of rotatable bonds is 7. The minimum atomic E-state index is -4.49. The van der Waals surface area contributed by atoms with Crippen molar-refractivity contribution in [2.24, 2.45) is 20.9 Å². The minimum absolute atomic E-state index is 0.0609. The highest BCUT2D eigenvalue weighted by molar-refractivity contribution is 6.30. The van der Waals surface area contributed by atoms with Gasteiger partial charge >= 0.3 is 6.18 Å². The number of amidine groups is 2. The van der Waals surface area contributed by atoms with E-state index in [0.717, 1.165) is 11.4 Å². The van der Waals surface area contributed by atoms with Crippen LogP contribution in [0.1, 0.15) is 33.6 Å². The number of aliphatic imine (C=N–C) groups is 3. The zero-order valence-electron chi connectivity index (χ0n) is 18.7. The van der Waals surface area contributed by atoms with Crippen LogP contribution in [0.3, 0.4) is 0 Å². The Bertz CT molecular complexity index is 897. The van der Waals surface area contributed by atoms with Crippen molar-refractivity contribution in [3.63, 3.8) is 0 Å². The number of nitrogens with one attached hydrogen (secondary N) is 2. The average Bonchev–Trinajstić information content (AvgIpc) is 3.32. The largest absolute Gasteiger partial charge is 0.405 e. The number of carbonyl (C=O) groups excluding carboxylic acids is 1. The van der Waals surface area contributed by atoms with E-state index < -0.39 is 24.7 Å². The fourth-order valence-electron chi connectivity index (χ4n) is 3.87. The topological polar surface area (TPSA) is 90.7 Å². The molecule has 3 aliphatic heterocycles. The van der Waals surface area contributed by atoms with E-state index in [4.69, 9.17) is 16.3 Å². The van der Waals surface area contributed by atoms with Gasteiger partial charge in [-0.1, -0.05) is 11.6 Å². The number of hydrogen-bond acceptors (Lipinski definition) is 5. The molecule has 0 bridgehead atoms. The van der Waals surface area contributed by atoms with E-state index in [1.54, 1.807) is 17.3 Å². The molecule has 1 saturated heterocycles. The summed E-state index contributed by atoms with van der Waals surface area (Å²) in [5, 5.41) is 5.70. The van der Waals surface area contributed by atoms with Gasteiger partial charge in [0, 0.05) is 48.6 Å². The second kappa shape index (κ2) is 10.7. The zero-order chi connectivity index (χ0) is 24.2. The number of likely N-dealkylation sites (tertiary alicyclic amines) is 1. The van der Waals surface area contributed by atoms with Gasteiger partial charge in [0.15, 0.2) is 5.84 Å². The van der Waals surface area contributed by atoms with Crippen LogP contribution in [0.4, 0.5) is 13.2 Å². The van der Waals surface area contributed by atoms with Gasteiger partial charge in [0.25, 0.3) is 0 Å². The maximum atomic E-state index is 12.6. The van der Waals surface area contributed by atoms with Crippen molar-refractivity contribution >= 4 is 35.5 Å². The van der Waals surface area contributed by atoms with E-state index in [1.807, 2.05) is 26.1 Å². The molecule has 12 heteroatoms. The third-order valence-electron chi connectivity index (χ3n) is 5.26. The maximum Gasteiger partial charge on any atom is 0.405 e. The van der Waals surface area contributed by atoms with Crippen molar-refractivity contribution in [1.82, 2.24) is 15.5 Å². The number of hydrogen-bond donors (Lipinski definition) is 2. The smallest absolute Gasteiger partial charge is 0.377 e. The Morgan fingerprint density at radius 2 is 2.24 bits per heavy atom. The highest BCUT2D eigenvalue weighted by Gasteiger charge is 2.38. The van der Waals surface area contributed by atoms with Gasteiger partial charge in [-0.2, -0.15) is 13.2 Å². The Morgan fingerprint density at radius 3 is 2.91 bits per heavy atom. The lowest BCUT2D eigenvalue weighted by atomic mass is 9.95. The highest BCUT2D eigenvalue weighted by Crippen LogP contribution is 2.31. The summed E-state index contributed by atoms with van der Waals surface area (Å²) < 4.78 is 43.4. The van der Waals surface area contributed by atoms with Gasteiger partial charge in [-0.3, -0.25) is 9.79 Å². The maximum absolute atomic E-state index is 12.6. The number of nitrogens with zero attached hydrogens (tertiary/aromatic N) is 4. The molecule has 3 heterocycles. The number of fused-ring (bicyclic) bond motifs is 1. The van der Waals surface area contributed by atoms with Gasteiger partial charge in [0.05, 0.1) is 18.4 Å². The molecule has 182 valence electrons. The van der Waals surface area contributed by atoms with Gasteiger partial charge in [0.1, 0.15) is 18.4 Å². The molecule has 0 radical (unpaired) electrons. The molecule has 1 fully saturated rings. The zero-order valence-corrected chi connectivity index (χ0v) is 19.5. The summed E-state index contributed by atoms with van der Waals surface area (Å²) in [6, 6.07) is -0.887. The van der Waals surface area contributed by atoms with Crippen LogP contribution in [0.5, 0.6) is 0 Å². The monoisotopic (exact) mass is 488 g/mol. The summed E-state index contributed by atoms with van der Waals surface area (Å²) in [5.41, 5.74) is 0.809. The molecule has 0 aromatic heterocycles. The Labute approximate surface area is 195 Å². The Hall–Kier alpha value is -2.40. The molecule has 3 rings (SSSR count). The first-order valence-corrected chi connectivity index (χ1v) is 11.2. The standard InChI is InChI=1S/C21H28ClF3N6O2/c1-4-33-14-6-17(20(32)28-10-21(23,24)25)31(9-14)11-29-19(30-12(2)3)16-8-27-18-15(16)5-13(22)7-26-18/h7-8,11-12,14-15,17H,4-6,9-10H2,1-3H3,(H,26,27)(H,28,32)/t14?,15?,17-/m0/s1. The number of ether oxygens (including phenoxy) is 1. The van der Waals surface area contributed by atoms with E-state index in [-0.39, 0.29) is 24.5 Å². The normalized spacial score (nSPS) is 25.7. The minimum Gasteiger partial charge on any atom is -0.377 e. The predicted octanol–water partition coefficient (Wildman–Crippen LogP) is 2.97. The molecule has 1 amide bonds. The van der Waals surface area contributed by atoms with Crippen molar-refractivity contribution in [3.05, 3.63) is 23.0 Å². The molecule has 3 aliphatic rings. The first-order chi connectivity index (χ1) is 15.6. The van der Waals surface area contributed by atoms with Gasteiger partial charge < -0.3 is 20.3 Å². The summed E-state index contributed by atoms with van der Waals surface area (Å²) in [4.78, 5) is 27.6. The molecule has 0 aliphatic carbocycles. The van der Waals surface area contributed by atoms with Crippen molar-refractivity contribution in [1.29, 1.82) is 0 Å². The lowest BCUT2D eigenvalue weighted by Crippen LogP contribution is -2.45. The molecule has 2 unspecified atom stereocenters. The number of alkyl halides is 3. The molecular weight excluding hydrogens is 461 g/mol. The third-order valence-corrected chi connectivity index (χ3v) is 5.51. The molecular formula is C21H28ClF3N6O2. The van der Waals surface area contributed by atoms with Gasteiger partial charge in [0.2, 0.25) is 5.91 Å². The number of amides is 1. The summed E-state index contributed by atoms with van der Waals surface area (Å²) in [6.45, 7) is 5.03. The molecule has 3 atom stereocenters. The van der Waals surface area contributed by atoms with Crippen LogP contribution in [0.2, 0.25) is 0 Å². The molecule has 2 N–H and O–H groups in total. The van der Waals surface area contributed by atoms with Crippen LogP contribution in [0.25, 0.3) is 0 Å². The summed E-state index contributed by atoms with van der Waals surface area (Å²) >= 11 is 6.18. The van der Waals surface area contributed by atoms with Crippen molar-refractivity contribution in [2.45, 2.75) is 58.0 Å². The SMILES string of the molecule is CCOC1C[C@@H](C(=O)NCC(F)(F)F)N(C=NC(=NC(C)C)C2=CNC3=NC=C(Cl)CC23)C1. The van der Waals surface area contributed by atoms with E-state index >= 15 is 0 Å². The van der Waals surface area contributed by atoms with Crippen molar-refractivity contribution < 1.29 is 22.7 Å². The van der Waals surface area contributed by atoms with Gasteiger partial charge in [-0.25, -0.2) is 9.98 Å². The van der Waals surface area contributed by atoms with E-state index in [9.17, 15) is 18.0 Å². The summed E-state index contributed by atoms with van der Waals surface area (Å²) in [7, 11) is 0. The second-order valence-corrected chi connectivity index (χ2v) is 8.73. The van der Waals surface area contributed by atoms with Crippen LogP contribution < -0.4 is 10.6 Å². The predicted molar refractivity (Wildman–Crippen MR) is 121 cm³/mol. The molecule has 0 saturated carbocycles. The highest BCUT2D eigenvalue weighted by atomic mass is 35.5. The lowest BCUT2D eigenvalue weighted by Gasteiger charge is -2.22. The van der Waals surface area contributed by atoms with Crippen molar-refractivity contribution in [3.8, 4) is 0 Å². The molecule has 0 aromatic carbocycles. The van der Waals surface area contributed by atoms with Crippen LogP contribution in [0, 0.1) is 5.92 Å². The number of allylic oxidation sites excluding steroid dienone is 1. The Balaban J connectivity index is 1.79. The van der Waals surface area contributed by atoms with Crippen molar-refractivity contribution in [2.75, 3.05) is 19.7 Å². The average molecular weight is 489 g/mol. The van der Waals surface area contributed by atoms with Crippen LogP contribution in [0.15, 0.2) is 38.0 Å². The van der Waals surface area contributed by atoms with Gasteiger partial charge in [-0.05, 0) is 27.2 Å². The molecule has 8 nitrogen and oxygen atoms in total. The number of halogens is 4. The van der Waals surface area contributed by atoms with E-state index in [0.29, 0.717) is 30.4 Å². The summed E-state index contributed by atoms with van der Waals surface area (Å²) in [6.07, 6.45) is 0.902. The van der Waals surface area contributed by atoms with E-state index in [1.165, 1.54) is 6.34 Å². The lowest BCUT2D eigenvalue weighted by molar-refractivity contribution is -0.140. The number of carbonyl (C=O) groups is 1. The summed E-state index contributed by atoms with van der Waals surface area (Å²) in [5.74, 6) is 0.373. The third kappa shape index (κ3) is 6.80. The van der Waals surface area contributed by atoms with E-state index in [2.05, 4.69) is 20.3 Å². The quantitative estimate of drug-likeness (QED) is 0.426. The first kappa shape index (κ1) is 25.2. The van der Waals surface area contributed by atoms with Gasteiger partial charge in [-0.15, -0.1) is 0 Å². The first-order valence-electron chi connectivity index (χ1n) is 10.8. The Morgan fingerprint density at radius 1 is 1.48 bits per heavy atom. The van der Waals surface area contributed by atoms with Crippen LogP contribution in [-0.4, -0.2) is 72.9 Å². The fraction of sp³-hybridized carbons (Fsp3) is 0.619. The fourth-order valence-corrected chi connectivity index (χ4v) is 4.07. The van der Waals surface area contributed by atoms with Crippen LogP contribution >= 0.6 is 11.6 Å². The molecule has 33 heavy (non-hydrogen) atoms. The van der Waals surface area contributed by atoms with Crippen LogP contribution in [-0.2, 0) is 9.53 Å².